The van der Waals surface area contributed by atoms with Crippen molar-refractivity contribution >= 4 is 15.7 Å². The summed E-state index contributed by atoms with van der Waals surface area (Å²) in [6.45, 7) is 3.40. The lowest BCUT2D eigenvalue weighted by molar-refractivity contribution is 0.495. The summed E-state index contributed by atoms with van der Waals surface area (Å²) in [5.74, 6) is -0.423. The van der Waals surface area contributed by atoms with Crippen LogP contribution < -0.4 is 9.62 Å². The highest BCUT2D eigenvalue weighted by Gasteiger charge is 2.32. The number of piperidine rings is 1. The quantitative estimate of drug-likeness (QED) is 0.917. The van der Waals surface area contributed by atoms with Gasteiger partial charge < -0.3 is 5.32 Å². The molecule has 6 heteroatoms. The molecule has 1 N–H and O–H groups in total. The summed E-state index contributed by atoms with van der Waals surface area (Å²) >= 11 is 0. The molecule has 0 amide bonds. The van der Waals surface area contributed by atoms with E-state index in [1.165, 1.54) is 22.5 Å². The molecule has 0 radical (unpaired) electrons. The number of anilines is 1. The van der Waals surface area contributed by atoms with Gasteiger partial charge in [-0.2, -0.15) is 0 Å². The predicted octanol–water partition coefficient (Wildman–Crippen LogP) is 1.73. The fourth-order valence-corrected chi connectivity index (χ4v) is 4.31. The van der Waals surface area contributed by atoms with Crippen LogP contribution in [0.2, 0.25) is 0 Å². The number of benzene rings is 1. The summed E-state index contributed by atoms with van der Waals surface area (Å²) in [4.78, 5) is 0. The number of nitrogens with one attached hydrogen (secondary N) is 1. The lowest BCUT2D eigenvalue weighted by Crippen LogP contribution is -2.46. The van der Waals surface area contributed by atoms with Crippen molar-refractivity contribution < 1.29 is 12.8 Å². The molecule has 1 saturated heterocycles. The SMILES string of the molecule is CCN(c1cccc(F)c1)S(=O)(=O)C1CCCNC1. The lowest BCUT2D eigenvalue weighted by atomic mass is 10.2. The molecule has 106 valence electrons. The van der Waals surface area contributed by atoms with E-state index in [4.69, 9.17) is 0 Å². The number of rotatable bonds is 4. The van der Waals surface area contributed by atoms with E-state index in [1.54, 1.807) is 13.0 Å². The van der Waals surface area contributed by atoms with Gasteiger partial charge in [0.1, 0.15) is 5.82 Å². The molecular weight excluding hydrogens is 267 g/mol. The van der Waals surface area contributed by atoms with Crippen molar-refractivity contribution in [2.45, 2.75) is 25.0 Å². The molecule has 0 spiro atoms. The van der Waals surface area contributed by atoms with Crippen LogP contribution in [0.25, 0.3) is 0 Å². The van der Waals surface area contributed by atoms with E-state index in [1.807, 2.05) is 0 Å². The van der Waals surface area contributed by atoms with E-state index >= 15 is 0 Å². The third-order valence-electron chi connectivity index (χ3n) is 3.36. The second-order valence-corrected chi connectivity index (χ2v) is 6.80. The van der Waals surface area contributed by atoms with E-state index in [-0.39, 0.29) is 0 Å². The molecule has 1 unspecified atom stereocenters. The average Bonchev–Trinajstić information content (AvgIpc) is 2.40. The third-order valence-corrected chi connectivity index (χ3v) is 5.69. The summed E-state index contributed by atoms with van der Waals surface area (Å²) in [6.07, 6.45) is 1.51. The first-order valence-corrected chi connectivity index (χ1v) is 8.04. The normalized spacial score (nSPS) is 20.2. The minimum Gasteiger partial charge on any atom is -0.315 e. The highest BCUT2D eigenvalue weighted by atomic mass is 32.2. The molecule has 0 aromatic heterocycles. The minimum atomic E-state index is -3.44. The number of nitrogens with zero attached hydrogens (tertiary/aromatic N) is 1. The van der Waals surface area contributed by atoms with Crippen LogP contribution >= 0.6 is 0 Å². The maximum absolute atomic E-state index is 13.3. The molecule has 1 fully saturated rings. The summed E-state index contributed by atoms with van der Waals surface area (Å²) in [6, 6.07) is 5.73. The largest absolute Gasteiger partial charge is 0.315 e. The van der Waals surface area contributed by atoms with Crippen LogP contribution in [0.15, 0.2) is 24.3 Å². The van der Waals surface area contributed by atoms with E-state index in [0.29, 0.717) is 25.2 Å². The summed E-state index contributed by atoms with van der Waals surface area (Å²) < 4.78 is 39.7. The van der Waals surface area contributed by atoms with Gasteiger partial charge in [-0.3, -0.25) is 4.31 Å². The molecule has 2 rings (SSSR count). The van der Waals surface area contributed by atoms with Gasteiger partial charge in [-0.05, 0) is 44.5 Å². The van der Waals surface area contributed by atoms with Gasteiger partial charge in [0.05, 0.1) is 10.9 Å². The molecule has 1 heterocycles. The predicted molar refractivity (Wildman–Crippen MR) is 74.2 cm³/mol. The number of halogens is 1. The second kappa shape index (κ2) is 5.88. The second-order valence-electron chi connectivity index (χ2n) is 4.66. The zero-order valence-corrected chi connectivity index (χ0v) is 11.8. The first kappa shape index (κ1) is 14.3. The van der Waals surface area contributed by atoms with Gasteiger partial charge in [-0.25, -0.2) is 12.8 Å². The first-order valence-electron chi connectivity index (χ1n) is 6.53. The number of hydrogen-bond acceptors (Lipinski definition) is 3. The molecule has 1 aliphatic rings. The molecule has 0 bridgehead atoms. The zero-order chi connectivity index (χ0) is 13.9. The molecule has 4 nitrogen and oxygen atoms in total. The fraction of sp³-hybridized carbons (Fsp3) is 0.538. The lowest BCUT2D eigenvalue weighted by Gasteiger charge is -2.30. The van der Waals surface area contributed by atoms with Gasteiger partial charge in [0.25, 0.3) is 0 Å². The monoisotopic (exact) mass is 286 g/mol. The van der Waals surface area contributed by atoms with Crippen LogP contribution in [0.3, 0.4) is 0 Å². The van der Waals surface area contributed by atoms with E-state index in [9.17, 15) is 12.8 Å². The summed E-state index contributed by atoms with van der Waals surface area (Å²) in [5, 5.41) is 2.68. The molecule has 1 atom stereocenters. The van der Waals surface area contributed by atoms with Crippen molar-refractivity contribution in [3.8, 4) is 0 Å². The molecule has 1 aliphatic heterocycles. The van der Waals surface area contributed by atoms with Gasteiger partial charge in [0.2, 0.25) is 10.0 Å². The minimum absolute atomic E-state index is 0.308. The van der Waals surface area contributed by atoms with Crippen LogP contribution in [-0.4, -0.2) is 33.3 Å². The molecule has 19 heavy (non-hydrogen) atoms. The van der Waals surface area contributed by atoms with Gasteiger partial charge in [-0.15, -0.1) is 0 Å². The van der Waals surface area contributed by atoms with Crippen molar-refractivity contribution in [1.29, 1.82) is 0 Å². The Kier molecular flexibility index (Phi) is 4.42. The number of sulfonamides is 1. The third kappa shape index (κ3) is 3.06. The van der Waals surface area contributed by atoms with Crippen molar-refractivity contribution in [3.63, 3.8) is 0 Å². The highest BCUT2D eigenvalue weighted by molar-refractivity contribution is 7.93. The van der Waals surface area contributed by atoms with Gasteiger partial charge in [0.15, 0.2) is 0 Å². The van der Waals surface area contributed by atoms with Gasteiger partial charge in [0, 0.05) is 13.1 Å². The molecular formula is C13H19FN2O2S. The zero-order valence-electron chi connectivity index (χ0n) is 11.0. The van der Waals surface area contributed by atoms with Crippen LogP contribution in [0.1, 0.15) is 19.8 Å². The van der Waals surface area contributed by atoms with Crippen molar-refractivity contribution in [2.75, 3.05) is 23.9 Å². The topological polar surface area (TPSA) is 49.4 Å². The Morgan fingerprint density at radius 2 is 2.26 bits per heavy atom. The van der Waals surface area contributed by atoms with Crippen LogP contribution in [0, 0.1) is 5.82 Å². The average molecular weight is 286 g/mol. The Labute approximate surface area is 113 Å². The smallest absolute Gasteiger partial charge is 0.239 e. The van der Waals surface area contributed by atoms with E-state index in [2.05, 4.69) is 5.32 Å². The molecule has 1 aromatic rings. The molecule has 0 aliphatic carbocycles. The van der Waals surface area contributed by atoms with Crippen molar-refractivity contribution in [1.82, 2.24) is 5.32 Å². The van der Waals surface area contributed by atoms with Crippen LogP contribution in [-0.2, 0) is 10.0 Å². The van der Waals surface area contributed by atoms with E-state index in [0.717, 1.165) is 13.0 Å². The standard InChI is InChI=1S/C13H19FN2O2S/c1-2-16(12-6-3-5-11(14)9-12)19(17,18)13-7-4-8-15-10-13/h3,5-6,9,13,15H,2,4,7-8,10H2,1H3. The van der Waals surface area contributed by atoms with Crippen LogP contribution in [0.4, 0.5) is 10.1 Å². The Hall–Kier alpha value is -1.14. The van der Waals surface area contributed by atoms with Crippen molar-refractivity contribution in [2.24, 2.45) is 0 Å². The Morgan fingerprint density at radius 1 is 1.47 bits per heavy atom. The van der Waals surface area contributed by atoms with Gasteiger partial charge in [-0.1, -0.05) is 6.07 Å². The van der Waals surface area contributed by atoms with E-state index < -0.39 is 21.1 Å². The Bertz CT molecular complexity index is 527. The first-order chi connectivity index (χ1) is 9.05. The summed E-state index contributed by atoms with van der Waals surface area (Å²) in [5.41, 5.74) is 0.396. The maximum Gasteiger partial charge on any atom is 0.239 e. The summed E-state index contributed by atoms with van der Waals surface area (Å²) in [7, 11) is -3.44. The molecule has 0 saturated carbocycles. The van der Waals surface area contributed by atoms with Crippen LogP contribution in [0.5, 0.6) is 0 Å². The maximum atomic E-state index is 13.3. The van der Waals surface area contributed by atoms with Gasteiger partial charge >= 0.3 is 0 Å². The molecule has 1 aromatic carbocycles. The fourth-order valence-electron chi connectivity index (χ4n) is 2.39. The highest BCUT2D eigenvalue weighted by Crippen LogP contribution is 2.24. The Morgan fingerprint density at radius 3 is 2.84 bits per heavy atom. The Balaban J connectivity index is 2.30. The van der Waals surface area contributed by atoms with Crippen molar-refractivity contribution in [3.05, 3.63) is 30.1 Å². The number of hydrogen-bond donors (Lipinski definition) is 1.